The molecule has 2 aromatic carbocycles. The molecular formula is C25H28N2O5. The first kappa shape index (κ1) is 23.1. The first-order valence-corrected chi connectivity index (χ1v) is 10.7. The number of alkyl carbamates (subject to hydrolysis) is 1. The Bertz CT molecular complexity index is 971. The molecule has 1 aliphatic rings. The number of carbonyl (C=O) groups is 3. The van der Waals surface area contributed by atoms with Crippen LogP contribution in [0.2, 0.25) is 0 Å². The maximum atomic E-state index is 12.3. The van der Waals surface area contributed by atoms with Crippen LogP contribution in [0, 0.1) is 0 Å². The number of carbonyl (C=O) groups excluding carboxylic acids is 2. The number of benzene rings is 2. The predicted molar refractivity (Wildman–Crippen MR) is 121 cm³/mol. The molecule has 0 spiro atoms. The molecule has 7 nitrogen and oxygen atoms in total. The van der Waals surface area contributed by atoms with Gasteiger partial charge in [-0.25, -0.2) is 4.79 Å². The van der Waals surface area contributed by atoms with E-state index in [-0.39, 0.29) is 31.4 Å². The molecule has 0 bridgehead atoms. The largest absolute Gasteiger partial charge is 0.481 e. The Kier molecular flexibility index (Phi) is 7.65. The summed E-state index contributed by atoms with van der Waals surface area (Å²) in [6.07, 6.45) is 2.19. The maximum Gasteiger partial charge on any atom is 0.407 e. The van der Waals surface area contributed by atoms with Crippen LogP contribution >= 0.6 is 0 Å². The zero-order chi connectivity index (χ0) is 23.1. The number of likely N-dealkylation sites (N-methyl/N-ethyl adjacent to an activating group) is 1. The van der Waals surface area contributed by atoms with Crippen molar-refractivity contribution in [1.29, 1.82) is 0 Å². The van der Waals surface area contributed by atoms with Gasteiger partial charge in [-0.1, -0.05) is 54.6 Å². The molecule has 0 aliphatic heterocycles. The molecule has 2 aromatic rings. The number of carboxylic acid groups (broad SMARTS) is 1. The molecule has 1 unspecified atom stereocenters. The van der Waals surface area contributed by atoms with Gasteiger partial charge in [0.2, 0.25) is 5.91 Å². The molecule has 0 saturated carbocycles. The topological polar surface area (TPSA) is 95.9 Å². The van der Waals surface area contributed by atoms with Gasteiger partial charge < -0.3 is 20.1 Å². The number of aliphatic carboxylic acids is 1. The average Bonchev–Trinajstić information content (AvgIpc) is 3.09. The van der Waals surface area contributed by atoms with E-state index in [1.807, 2.05) is 24.3 Å². The van der Waals surface area contributed by atoms with E-state index in [0.717, 1.165) is 22.3 Å². The first-order chi connectivity index (χ1) is 15.4. The number of fused-ring (bicyclic) bond motifs is 3. The second kappa shape index (κ2) is 10.6. The normalized spacial score (nSPS) is 13.3. The Labute approximate surface area is 187 Å². The van der Waals surface area contributed by atoms with Crippen molar-refractivity contribution in [3.63, 3.8) is 0 Å². The van der Waals surface area contributed by atoms with Gasteiger partial charge in [0.1, 0.15) is 6.61 Å². The second-order valence-corrected chi connectivity index (χ2v) is 7.68. The number of nitrogens with one attached hydrogen (secondary N) is 1. The van der Waals surface area contributed by atoms with Gasteiger partial charge in [0.25, 0.3) is 0 Å². The summed E-state index contributed by atoms with van der Waals surface area (Å²) in [6, 6.07) is 15.8. The van der Waals surface area contributed by atoms with Crippen LogP contribution in [0.25, 0.3) is 11.1 Å². The fourth-order valence-electron chi connectivity index (χ4n) is 4.09. The van der Waals surface area contributed by atoms with E-state index in [1.54, 1.807) is 13.8 Å². The van der Waals surface area contributed by atoms with E-state index in [9.17, 15) is 14.4 Å². The van der Waals surface area contributed by atoms with Crippen molar-refractivity contribution in [2.75, 3.05) is 19.7 Å². The van der Waals surface area contributed by atoms with Crippen molar-refractivity contribution in [2.24, 2.45) is 0 Å². The second-order valence-electron chi connectivity index (χ2n) is 7.68. The van der Waals surface area contributed by atoms with E-state index in [0.29, 0.717) is 6.54 Å². The van der Waals surface area contributed by atoms with E-state index < -0.39 is 18.1 Å². The third-order valence-corrected chi connectivity index (χ3v) is 5.59. The lowest BCUT2D eigenvalue weighted by atomic mass is 9.98. The van der Waals surface area contributed by atoms with Crippen molar-refractivity contribution in [1.82, 2.24) is 10.2 Å². The van der Waals surface area contributed by atoms with Crippen LogP contribution in [0.15, 0.2) is 60.7 Å². The van der Waals surface area contributed by atoms with Crippen molar-refractivity contribution in [3.8, 4) is 11.1 Å². The highest BCUT2D eigenvalue weighted by molar-refractivity contribution is 5.88. The number of ether oxygens (including phenoxy) is 1. The van der Waals surface area contributed by atoms with Gasteiger partial charge in [-0.15, -0.1) is 0 Å². The van der Waals surface area contributed by atoms with E-state index >= 15 is 0 Å². The van der Waals surface area contributed by atoms with Crippen LogP contribution in [0.1, 0.15) is 37.3 Å². The van der Waals surface area contributed by atoms with Gasteiger partial charge in [-0.05, 0) is 36.1 Å². The molecule has 168 valence electrons. The van der Waals surface area contributed by atoms with E-state index in [4.69, 9.17) is 9.84 Å². The zero-order valence-corrected chi connectivity index (χ0v) is 18.3. The highest BCUT2D eigenvalue weighted by atomic mass is 16.5. The summed E-state index contributed by atoms with van der Waals surface area (Å²) in [5.41, 5.74) is 4.61. The Morgan fingerprint density at radius 2 is 1.69 bits per heavy atom. The molecule has 0 radical (unpaired) electrons. The molecule has 0 saturated heterocycles. The lowest BCUT2D eigenvalue weighted by molar-refractivity contribution is -0.139. The first-order valence-electron chi connectivity index (χ1n) is 10.7. The highest BCUT2D eigenvalue weighted by Gasteiger charge is 2.28. The Balaban J connectivity index is 1.50. The molecule has 2 N–H and O–H groups in total. The van der Waals surface area contributed by atoms with Gasteiger partial charge in [0.15, 0.2) is 0 Å². The minimum atomic E-state index is -0.954. The van der Waals surface area contributed by atoms with Crippen LogP contribution in [0.5, 0.6) is 0 Å². The molecule has 1 aliphatic carbocycles. The molecule has 32 heavy (non-hydrogen) atoms. The molecule has 0 fully saturated rings. The smallest absolute Gasteiger partial charge is 0.407 e. The summed E-state index contributed by atoms with van der Waals surface area (Å²) in [7, 11) is 0. The van der Waals surface area contributed by atoms with Gasteiger partial charge in [-0.3, -0.25) is 9.59 Å². The number of amides is 2. The summed E-state index contributed by atoms with van der Waals surface area (Å²) < 4.78 is 5.45. The Morgan fingerprint density at radius 3 is 2.25 bits per heavy atom. The van der Waals surface area contributed by atoms with Gasteiger partial charge >= 0.3 is 12.1 Å². The lowest BCUT2D eigenvalue weighted by Gasteiger charge is -2.25. The SMILES string of the molecule is CCN(C(=O)/C=C/CNC(=O)OCC1c2ccccc2-c2ccccc21)C(C)CC(=O)O. The third kappa shape index (κ3) is 5.35. The number of hydrogen-bond donors (Lipinski definition) is 2. The van der Waals surface area contributed by atoms with Gasteiger partial charge in [-0.2, -0.15) is 0 Å². The fourth-order valence-corrected chi connectivity index (χ4v) is 4.09. The number of hydrogen-bond acceptors (Lipinski definition) is 4. The zero-order valence-electron chi connectivity index (χ0n) is 18.3. The molecule has 0 aromatic heterocycles. The summed E-state index contributed by atoms with van der Waals surface area (Å²) in [5, 5.41) is 11.5. The summed E-state index contributed by atoms with van der Waals surface area (Å²) in [6.45, 7) is 4.24. The van der Waals surface area contributed by atoms with Gasteiger partial charge in [0, 0.05) is 31.1 Å². The van der Waals surface area contributed by atoms with Crippen LogP contribution in [-0.4, -0.2) is 53.7 Å². The highest BCUT2D eigenvalue weighted by Crippen LogP contribution is 2.44. The average molecular weight is 437 g/mol. The Morgan fingerprint density at radius 1 is 1.09 bits per heavy atom. The Hall–Kier alpha value is -3.61. The maximum absolute atomic E-state index is 12.3. The predicted octanol–water partition coefficient (Wildman–Crippen LogP) is 3.79. The van der Waals surface area contributed by atoms with Crippen molar-refractivity contribution < 1.29 is 24.2 Å². The minimum Gasteiger partial charge on any atom is -0.481 e. The van der Waals surface area contributed by atoms with Crippen molar-refractivity contribution >= 4 is 18.0 Å². The molecule has 1 atom stereocenters. The lowest BCUT2D eigenvalue weighted by Crippen LogP contribution is -2.38. The molecule has 7 heteroatoms. The molecule has 3 rings (SSSR count). The third-order valence-electron chi connectivity index (χ3n) is 5.59. The monoisotopic (exact) mass is 436 g/mol. The fraction of sp³-hybridized carbons (Fsp3) is 0.320. The van der Waals surface area contributed by atoms with Crippen LogP contribution < -0.4 is 5.32 Å². The summed E-state index contributed by atoms with van der Waals surface area (Å²) in [5.74, 6) is -1.26. The van der Waals surface area contributed by atoms with Crippen LogP contribution in [0.3, 0.4) is 0 Å². The molecule has 2 amide bonds. The van der Waals surface area contributed by atoms with Crippen LogP contribution in [0.4, 0.5) is 4.79 Å². The summed E-state index contributed by atoms with van der Waals surface area (Å²) >= 11 is 0. The molecule has 0 heterocycles. The van der Waals surface area contributed by atoms with E-state index in [2.05, 4.69) is 29.6 Å². The quantitative estimate of drug-likeness (QED) is 0.583. The number of carboxylic acids is 1. The minimum absolute atomic E-state index is 0.0147. The standard InChI is InChI=1S/C25H28N2O5/c1-3-27(17(2)15-24(29)30)23(28)13-8-14-26-25(31)32-16-22-20-11-6-4-9-18(20)19-10-5-7-12-21(19)22/h4-13,17,22H,3,14-16H2,1-2H3,(H,26,31)(H,29,30)/b13-8+. The summed E-state index contributed by atoms with van der Waals surface area (Å²) in [4.78, 5) is 36.8. The number of nitrogens with zero attached hydrogens (tertiary/aromatic N) is 1. The van der Waals surface area contributed by atoms with Crippen molar-refractivity contribution in [3.05, 3.63) is 71.8 Å². The van der Waals surface area contributed by atoms with Crippen LogP contribution in [-0.2, 0) is 14.3 Å². The number of rotatable bonds is 9. The van der Waals surface area contributed by atoms with Crippen molar-refractivity contribution in [2.45, 2.75) is 32.2 Å². The van der Waals surface area contributed by atoms with E-state index in [1.165, 1.54) is 17.1 Å². The molecular weight excluding hydrogens is 408 g/mol. The van der Waals surface area contributed by atoms with Gasteiger partial charge in [0.05, 0.1) is 6.42 Å².